The Morgan fingerprint density at radius 3 is 1.55 bits per heavy atom. The molecule has 0 N–H and O–H groups in total. The number of rotatable bonds is 6. The average Bonchev–Trinajstić information content (AvgIpc) is 3.71. The molecule has 0 saturated carbocycles. The predicted molar refractivity (Wildman–Crippen MR) is 222 cm³/mol. The number of aromatic nitrogens is 1. The van der Waals surface area contributed by atoms with Crippen molar-refractivity contribution in [2.45, 2.75) is 0 Å². The standard InChI is InChI=1S/C48H34N3OP/c52-53(41-22-11-4-12-23-41)50(39-18-7-2-8-19-39)45-33-32-37(34-47(45)51(53)40-20-9-3-10-21-40)35-28-30-36(31-29-35)42-25-15-27-46-48(42)43-24-13-14-26-44(43)49(46)38-16-5-1-6-17-38/h1-34H. The Kier molecular flexibility index (Phi) is 7.38. The van der Waals surface area contributed by atoms with Gasteiger partial charge in [-0.2, -0.15) is 0 Å². The molecule has 1 aliphatic rings. The van der Waals surface area contributed by atoms with Crippen molar-refractivity contribution in [3.05, 3.63) is 206 Å². The Bertz CT molecular complexity index is 2800. The number of hydrogen-bond acceptors (Lipinski definition) is 1. The minimum Gasteiger partial charge on any atom is -0.309 e. The molecule has 53 heavy (non-hydrogen) atoms. The maximum absolute atomic E-state index is 15.9. The van der Waals surface area contributed by atoms with Crippen molar-refractivity contribution in [2.24, 2.45) is 0 Å². The van der Waals surface area contributed by atoms with E-state index in [1.165, 1.54) is 27.4 Å². The second kappa shape index (κ2) is 12.6. The number of anilines is 4. The monoisotopic (exact) mass is 699 g/mol. The van der Waals surface area contributed by atoms with Crippen molar-refractivity contribution in [3.8, 4) is 27.9 Å². The zero-order chi connectivity index (χ0) is 35.4. The lowest BCUT2D eigenvalue weighted by Crippen LogP contribution is -2.26. The lowest BCUT2D eigenvalue weighted by molar-refractivity contribution is 0.582. The maximum atomic E-state index is 15.9. The van der Waals surface area contributed by atoms with Crippen molar-refractivity contribution in [3.63, 3.8) is 0 Å². The van der Waals surface area contributed by atoms with E-state index >= 15 is 4.57 Å². The van der Waals surface area contributed by atoms with Gasteiger partial charge in [0.05, 0.1) is 27.7 Å². The average molecular weight is 700 g/mol. The van der Waals surface area contributed by atoms with E-state index in [0.717, 1.165) is 50.4 Å². The first-order valence-electron chi connectivity index (χ1n) is 17.9. The molecule has 8 aromatic carbocycles. The van der Waals surface area contributed by atoms with Crippen molar-refractivity contribution >= 4 is 57.3 Å². The Labute approximate surface area is 308 Å². The van der Waals surface area contributed by atoms with E-state index in [4.69, 9.17) is 0 Å². The molecule has 5 heteroatoms. The Morgan fingerprint density at radius 1 is 0.377 bits per heavy atom. The van der Waals surface area contributed by atoms with Crippen LogP contribution in [-0.2, 0) is 4.57 Å². The van der Waals surface area contributed by atoms with E-state index in [1.807, 2.05) is 95.7 Å². The van der Waals surface area contributed by atoms with E-state index in [0.29, 0.717) is 0 Å². The van der Waals surface area contributed by atoms with Crippen molar-refractivity contribution < 1.29 is 4.57 Å². The molecule has 0 fully saturated rings. The van der Waals surface area contributed by atoms with Crippen LogP contribution < -0.4 is 14.6 Å². The van der Waals surface area contributed by atoms with Crippen molar-refractivity contribution in [1.29, 1.82) is 0 Å². The van der Waals surface area contributed by atoms with Crippen LogP contribution in [0, 0.1) is 0 Å². The molecule has 9 aromatic rings. The molecule has 1 atom stereocenters. The summed E-state index contributed by atoms with van der Waals surface area (Å²) in [5.74, 6) is 0. The van der Waals surface area contributed by atoms with Crippen LogP contribution in [0.15, 0.2) is 206 Å². The number of benzene rings is 8. The summed E-state index contributed by atoms with van der Waals surface area (Å²) >= 11 is 0. The van der Waals surface area contributed by atoms with Crippen LogP contribution in [0.1, 0.15) is 0 Å². The van der Waals surface area contributed by atoms with Crippen LogP contribution in [0.4, 0.5) is 22.7 Å². The Balaban J connectivity index is 1.11. The zero-order valence-corrected chi connectivity index (χ0v) is 29.7. The Morgan fingerprint density at radius 2 is 0.887 bits per heavy atom. The van der Waals surface area contributed by atoms with Gasteiger partial charge < -0.3 is 4.57 Å². The highest BCUT2D eigenvalue weighted by molar-refractivity contribution is 7.76. The van der Waals surface area contributed by atoms with Gasteiger partial charge in [-0.05, 0) is 95.1 Å². The van der Waals surface area contributed by atoms with E-state index in [2.05, 4.69) is 124 Å². The van der Waals surface area contributed by atoms with Crippen molar-refractivity contribution in [2.75, 3.05) is 9.34 Å². The predicted octanol–water partition coefficient (Wildman–Crippen LogP) is 12.9. The summed E-state index contributed by atoms with van der Waals surface area (Å²) in [6.07, 6.45) is 0. The van der Waals surface area contributed by atoms with E-state index in [9.17, 15) is 0 Å². The molecule has 1 unspecified atom stereocenters. The molecule has 0 saturated heterocycles. The number of para-hydroxylation sites is 4. The summed E-state index contributed by atoms with van der Waals surface area (Å²) in [6, 6.07) is 71.3. The van der Waals surface area contributed by atoms with E-state index in [-0.39, 0.29) is 0 Å². The molecule has 0 amide bonds. The van der Waals surface area contributed by atoms with Gasteiger partial charge in [0, 0.05) is 27.8 Å². The van der Waals surface area contributed by atoms with Crippen LogP contribution in [0.25, 0.3) is 49.7 Å². The fourth-order valence-electron chi connectivity index (χ4n) is 7.97. The first-order valence-corrected chi connectivity index (χ1v) is 19.5. The third-order valence-electron chi connectivity index (χ3n) is 10.3. The first-order chi connectivity index (χ1) is 26.2. The highest BCUT2D eigenvalue weighted by atomic mass is 31.2. The second-order valence-electron chi connectivity index (χ2n) is 13.3. The fourth-order valence-corrected chi connectivity index (χ4v) is 11.0. The molecule has 1 aromatic heterocycles. The number of nitrogens with zero attached hydrogens (tertiary/aromatic N) is 3. The molecule has 1 aliphatic heterocycles. The summed E-state index contributed by atoms with van der Waals surface area (Å²) in [5.41, 5.74) is 11.6. The molecule has 4 nitrogen and oxygen atoms in total. The molecule has 252 valence electrons. The summed E-state index contributed by atoms with van der Waals surface area (Å²) in [5, 5.41) is 3.25. The highest BCUT2D eigenvalue weighted by Crippen LogP contribution is 2.70. The number of fused-ring (bicyclic) bond motifs is 4. The van der Waals surface area contributed by atoms with Gasteiger partial charge >= 0.3 is 7.44 Å². The highest BCUT2D eigenvalue weighted by Gasteiger charge is 2.49. The number of hydrogen-bond donors (Lipinski definition) is 0. The van der Waals surface area contributed by atoms with Crippen LogP contribution in [0.5, 0.6) is 0 Å². The van der Waals surface area contributed by atoms with Crippen LogP contribution >= 0.6 is 7.44 Å². The normalized spacial score (nSPS) is 15.2. The van der Waals surface area contributed by atoms with Gasteiger partial charge in [-0.15, -0.1) is 0 Å². The topological polar surface area (TPSA) is 28.5 Å². The molecule has 10 rings (SSSR count). The smallest absolute Gasteiger partial charge is 0.301 e. The summed E-state index contributed by atoms with van der Waals surface area (Å²) in [4.78, 5) is 0. The fraction of sp³-hybridized carbons (Fsp3) is 0. The third kappa shape index (κ3) is 4.95. The second-order valence-corrected chi connectivity index (χ2v) is 15.7. The van der Waals surface area contributed by atoms with Gasteiger partial charge in [0.15, 0.2) is 0 Å². The first kappa shape index (κ1) is 31.2. The molecule has 0 aliphatic carbocycles. The molecule has 0 bridgehead atoms. The Hall–Kier alpha value is -6.61. The summed E-state index contributed by atoms with van der Waals surface area (Å²) < 4.78 is 22.4. The van der Waals surface area contributed by atoms with Gasteiger partial charge in [0.2, 0.25) is 0 Å². The third-order valence-corrected chi connectivity index (χ3v) is 13.3. The van der Waals surface area contributed by atoms with Gasteiger partial charge in [-0.1, -0.05) is 133 Å². The van der Waals surface area contributed by atoms with Gasteiger partial charge in [0.25, 0.3) is 0 Å². The molecular weight excluding hydrogens is 666 g/mol. The lowest BCUT2D eigenvalue weighted by Gasteiger charge is -2.33. The molecular formula is C48H34N3OP. The molecule has 0 radical (unpaired) electrons. The van der Waals surface area contributed by atoms with Crippen LogP contribution in [0.2, 0.25) is 0 Å². The van der Waals surface area contributed by atoms with Gasteiger partial charge in [0.1, 0.15) is 0 Å². The van der Waals surface area contributed by atoms with Crippen LogP contribution in [-0.4, -0.2) is 4.57 Å². The zero-order valence-electron chi connectivity index (χ0n) is 28.8. The van der Waals surface area contributed by atoms with E-state index < -0.39 is 7.44 Å². The quantitative estimate of drug-likeness (QED) is 0.162. The summed E-state index contributed by atoms with van der Waals surface area (Å²) in [7, 11) is -3.43. The lowest BCUT2D eigenvalue weighted by atomic mass is 9.96. The SMILES string of the molecule is O=P1(c2ccccc2)N(c2ccccc2)c2ccc(-c3ccc(-c4cccc5c4c4ccccc4n5-c4ccccc4)cc3)cc2N1c1ccccc1. The van der Waals surface area contributed by atoms with Gasteiger partial charge in [-0.25, -0.2) is 0 Å². The minimum atomic E-state index is -3.43. The largest absolute Gasteiger partial charge is 0.309 e. The molecule has 0 spiro atoms. The minimum absolute atomic E-state index is 0.776. The maximum Gasteiger partial charge on any atom is 0.301 e. The van der Waals surface area contributed by atoms with E-state index in [1.54, 1.807) is 0 Å². The molecule has 2 heterocycles. The van der Waals surface area contributed by atoms with Crippen LogP contribution in [0.3, 0.4) is 0 Å². The van der Waals surface area contributed by atoms with Crippen molar-refractivity contribution in [1.82, 2.24) is 4.57 Å². The summed E-state index contributed by atoms with van der Waals surface area (Å²) in [6.45, 7) is 0. The van der Waals surface area contributed by atoms with Gasteiger partial charge in [-0.3, -0.25) is 13.9 Å².